The summed E-state index contributed by atoms with van der Waals surface area (Å²) < 4.78 is 5.16. The summed E-state index contributed by atoms with van der Waals surface area (Å²) in [6, 6.07) is 15.6. The van der Waals surface area contributed by atoms with Gasteiger partial charge in [0.15, 0.2) is 0 Å². The molecule has 0 atom stereocenters. The van der Waals surface area contributed by atoms with Crippen molar-refractivity contribution >= 4 is 23.8 Å². The summed E-state index contributed by atoms with van der Waals surface area (Å²) in [6.45, 7) is 2.05. The Morgan fingerprint density at radius 1 is 1.10 bits per heavy atom. The van der Waals surface area contributed by atoms with E-state index >= 15 is 0 Å². The van der Waals surface area contributed by atoms with Crippen molar-refractivity contribution in [2.75, 3.05) is 18.6 Å². The summed E-state index contributed by atoms with van der Waals surface area (Å²) in [5.41, 5.74) is 3.52. The molecule has 1 aliphatic carbocycles. The fourth-order valence-corrected chi connectivity index (χ4v) is 3.77. The molecule has 0 saturated heterocycles. The second-order valence-electron chi connectivity index (χ2n) is 7.76. The average molecular weight is 423 g/mol. The maximum absolute atomic E-state index is 12.7. The third kappa shape index (κ3) is 6.10. The number of carbonyl (C=O) groups is 2. The van der Waals surface area contributed by atoms with Gasteiger partial charge in [0.05, 0.1) is 6.61 Å². The van der Waals surface area contributed by atoms with Crippen LogP contribution < -0.4 is 10.2 Å². The zero-order valence-corrected chi connectivity index (χ0v) is 18.1. The topological polar surface area (TPSA) is 78.9 Å². The normalized spacial score (nSPS) is 14.7. The molecule has 2 N–H and O–H groups in total. The minimum absolute atomic E-state index is 0.0807. The molecule has 0 heterocycles. The Bertz CT molecular complexity index is 931. The molecule has 31 heavy (non-hydrogen) atoms. The van der Waals surface area contributed by atoms with Gasteiger partial charge in [0.2, 0.25) is 5.76 Å². The zero-order chi connectivity index (χ0) is 22.2. The van der Waals surface area contributed by atoms with E-state index in [-0.39, 0.29) is 17.8 Å². The molecule has 1 fully saturated rings. The molecule has 1 saturated carbocycles. The van der Waals surface area contributed by atoms with Crippen LogP contribution in [0.4, 0.5) is 10.5 Å². The van der Waals surface area contributed by atoms with Crippen molar-refractivity contribution in [2.24, 2.45) is 0 Å². The van der Waals surface area contributed by atoms with E-state index < -0.39 is 5.97 Å². The number of carboxylic acids is 1. The van der Waals surface area contributed by atoms with Crippen LogP contribution >= 0.6 is 0 Å². The third-order valence-corrected chi connectivity index (χ3v) is 5.52. The number of hydrogen-bond acceptors (Lipinski definition) is 3. The van der Waals surface area contributed by atoms with Gasteiger partial charge in [-0.1, -0.05) is 55.7 Å². The molecule has 2 amide bonds. The molecular formula is C25H30N2O4. The number of rotatable bonds is 7. The highest BCUT2D eigenvalue weighted by Crippen LogP contribution is 2.26. The van der Waals surface area contributed by atoms with E-state index in [4.69, 9.17) is 4.74 Å². The minimum Gasteiger partial charge on any atom is -0.487 e. The van der Waals surface area contributed by atoms with Crippen LogP contribution in [-0.4, -0.2) is 36.8 Å². The molecular weight excluding hydrogens is 392 g/mol. The van der Waals surface area contributed by atoms with Crippen molar-refractivity contribution in [1.29, 1.82) is 0 Å². The lowest BCUT2D eigenvalue weighted by atomic mass is 9.96. The summed E-state index contributed by atoms with van der Waals surface area (Å²) in [7, 11) is 1.78. The molecule has 0 spiro atoms. The number of urea groups is 1. The summed E-state index contributed by atoms with van der Waals surface area (Å²) in [6.07, 6.45) is 7.21. The molecule has 0 radical (unpaired) electrons. The number of amides is 2. The van der Waals surface area contributed by atoms with Gasteiger partial charge in [-0.25, -0.2) is 9.59 Å². The van der Waals surface area contributed by atoms with Crippen molar-refractivity contribution in [3.63, 3.8) is 0 Å². The number of anilines is 1. The van der Waals surface area contributed by atoms with Crippen molar-refractivity contribution in [2.45, 2.75) is 45.1 Å². The van der Waals surface area contributed by atoms with Gasteiger partial charge < -0.3 is 15.2 Å². The molecule has 6 nitrogen and oxygen atoms in total. The Morgan fingerprint density at radius 2 is 1.81 bits per heavy atom. The summed E-state index contributed by atoms with van der Waals surface area (Å²) in [5, 5.41) is 12.3. The SMILES string of the molecule is CCO/C(=C/c1ccc(-c2cccc(N(C)C(=O)NC3CCCCC3)c2)cc1)C(=O)O. The highest BCUT2D eigenvalue weighted by molar-refractivity contribution is 5.92. The molecule has 164 valence electrons. The standard InChI is InChI=1S/C25H30N2O4/c1-3-31-23(24(28)29)16-18-12-14-19(15-13-18)20-8-7-11-22(17-20)27(2)25(30)26-21-9-5-4-6-10-21/h7-8,11-17,21H,3-6,9-10H2,1-2H3,(H,26,30)(H,28,29)/b23-16+. The quantitative estimate of drug-likeness (QED) is 0.469. The molecule has 2 aromatic rings. The van der Waals surface area contributed by atoms with Gasteiger partial charge in [-0.2, -0.15) is 0 Å². The van der Waals surface area contributed by atoms with E-state index in [1.54, 1.807) is 18.9 Å². The first-order valence-corrected chi connectivity index (χ1v) is 10.8. The summed E-state index contributed by atoms with van der Waals surface area (Å²) in [5.74, 6) is -1.17. The molecule has 0 aromatic heterocycles. The Morgan fingerprint density at radius 3 is 2.45 bits per heavy atom. The van der Waals surface area contributed by atoms with Gasteiger partial charge in [0, 0.05) is 18.8 Å². The van der Waals surface area contributed by atoms with Crippen LogP contribution in [0.25, 0.3) is 17.2 Å². The Labute approximate surface area is 183 Å². The molecule has 1 aliphatic rings. The highest BCUT2D eigenvalue weighted by atomic mass is 16.5. The largest absolute Gasteiger partial charge is 0.487 e. The number of carboxylic acid groups (broad SMARTS) is 1. The number of ether oxygens (including phenoxy) is 1. The number of nitrogens with zero attached hydrogens (tertiary/aromatic N) is 1. The molecule has 0 bridgehead atoms. The first-order valence-electron chi connectivity index (χ1n) is 10.8. The summed E-state index contributed by atoms with van der Waals surface area (Å²) >= 11 is 0. The predicted octanol–water partition coefficient (Wildman–Crippen LogP) is 5.29. The van der Waals surface area contributed by atoms with Gasteiger partial charge >= 0.3 is 12.0 Å². The van der Waals surface area contributed by atoms with E-state index in [0.717, 1.165) is 35.2 Å². The average Bonchev–Trinajstić information content (AvgIpc) is 2.79. The van der Waals surface area contributed by atoms with Gasteiger partial charge in [-0.15, -0.1) is 0 Å². The number of benzene rings is 2. The Kier molecular flexibility index (Phi) is 7.70. The van der Waals surface area contributed by atoms with Gasteiger partial charge in [0.1, 0.15) is 0 Å². The van der Waals surface area contributed by atoms with Crippen LogP contribution in [0.2, 0.25) is 0 Å². The van der Waals surface area contributed by atoms with E-state index in [0.29, 0.717) is 6.61 Å². The van der Waals surface area contributed by atoms with Crippen LogP contribution in [0.1, 0.15) is 44.6 Å². The Hall–Kier alpha value is -3.28. The first-order chi connectivity index (χ1) is 15.0. The van der Waals surface area contributed by atoms with Crippen LogP contribution in [0.15, 0.2) is 54.3 Å². The smallest absolute Gasteiger partial charge is 0.371 e. The zero-order valence-electron chi connectivity index (χ0n) is 18.1. The van der Waals surface area contributed by atoms with E-state index in [1.807, 2.05) is 48.5 Å². The second kappa shape index (κ2) is 10.7. The summed E-state index contributed by atoms with van der Waals surface area (Å²) in [4.78, 5) is 25.5. The van der Waals surface area contributed by atoms with Crippen molar-refractivity contribution in [1.82, 2.24) is 5.32 Å². The molecule has 2 aromatic carbocycles. The third-order valence-electron chi connectivity index (χ3n) is 5.52. The maximum Gasteiger partial charge on any atom is 0.371 e. The lowest BCUT2D eigenvalue weighted by Crippen LogP contribution is -2.43. The van der Waals surface area contributed by atoms with E-state index in [9.17, 15) is 14.7 Å². The lowest BCUT2D eigenvalue weighted by molar-refractivity contribution is -0.136. The fourth-order valence-electron chi connectivity index (χ4n) is 3.77. The maximum atomic E-state index is 12.7. The number of aliphatic carboxylic acids is 1. The predicted molar refractivity (Wildman–Crippen MR) is 123 cm³/mol. The molecule has 0 unspecified atom stereocenters. The van der Waals surface area contributed by atoms with E-state index in [2.05, 4.69) is 5.32 Å². The van der Waals surface area contributed by atoms with Gasteiger partial charge in [0.25, 0.3) is 0 Å². The van der Waals surface area contributed by atoms with Crippen LogP contribution in [0.3, 0.4) is 0 Å². The van der Waals surface area contributed by atoms with Crippen LogP contribution in [0.5, 0.6) is 0 Å². The number of carbonyl (C=O) groups excluding carboxylic acids is 1. The second-order valence-corrected chi connectivity index (χ2v) is 7.76. The monoisotopic (exact) mass is 422 g/mol. The van der Waals surface area contributed by atoms with Crippen molar-refractivity contribution in [3.05, 3.63) is 59.9 Å². The van der Waals surface area contributed by atoms with Crippen molar-refractivity contribution < 1.29 is 19.4 Å². The molecule has 0 aliphatic heterocycles. The highest BCUT2D eigenvalue weighted by Gasteiger charge is 2.19. The molecule has 3 rings (SSSR count). The van der Waals surface area contributed by atoms with E-state index in [1.165, 1.54) is 25.3 Å². The first kappa shape index (κ1) is 22.4. The molecule has 6 heteroatoms. The number of hydrogen-bond donors (Lipinski definition) is 2. The van der Waals surface area contributed by atoms with Gasteiger partial charge in [-0.3, -0.25) is 4.90 Å². The lowest BCUT2D eigenvalue weighted by Gasteiger charge is -2.26. The Balaban J connectivity index is 1.72. The van der Waals surface area contributed by atoms with Crippen LogP contribution in [0, 0.1) is 0 Å². The number of nitrogens with one attached hydrogen (secondary N) is 1. The van der Waals surface area contributed by atoms with Gasteiger partial charge in [-0.05, 0) is 54.7 Å². The fraction of sp³-hybridized carbons (Fsp3) is 0.360. The van der Waals surface area contributed by atoms with Crippen molar-refractivity contribution in [3.8, 4) is 11.1 Å². The van der Waals surface area contributed by atoms with Crippen LogP contribution in [-0.2, 0) is 9.53 Å². The minimum atomic E-state index is -1.09.